The summed E-state index contributed by atoms with van der Waals surface area (Å²) >= 11 is 0. The lowest BCUT2D eigenvalue weighted by Gasteiger charge is -2.27. The third-order valence-corrected chi connectivity index (χ3v) is 3.01. The van der Waals surface area contributed by atoms with E-state index in [1.165, 1.54) is 31.4 Å². The van der Waals surface area contributed by atoms with Gasteiger partial charge in [0.15, 0.2) is 0 Å². The van der Waals surface area contributed by atoms with Crippen LogP contribution in [0.25, 0.3) is 0 Å². The van der Waals surface area contributed by atoms with E-state index in [9.17, 15) is 14.3 Å². The van der Waals surface area contributed by atoms with Crippen LogP contribution >= 0.6 is 0 Å². The number of hydrogen-bond donors (Lipinski definition) is 2. The van der Waals surface area contributed by atoms with Crippen LogP contribution in [0.1, 0.15) is 13.8 Å². The fourth-order valence-corrected chi connectivity index (χ4v) is 1.89. The minimum absolute atomic E-state index is 0.107. The standard InChI is InChI=1S/C15H23FN2O3/c1-11(2)18(8-14(19)10-21-3)9-15(20)17-13-6-4-12(16)5-7-13/h4-7,11,14,19H,8-10H2,1-3H3,(H,17,20)/t14-/m0/s1. The molecule has 0 fully saturated rings. The van der Waals surface area contributed by atoms with Crippen molar-refractivity contribution in [3.63, 3.8) is 0 Å². The van der Waals surface area contributed by atoms with Gasteiger partial charge in [0, 0.05) is 25.4 Å². The predicted octanol–water partition coefficient (Wildman–Crippen LogP) is 1.48. The van der Waals surface area contributed by atoms with Crippen LogP contribution in [0.15, 0.2) is 24.3 Å². The van der Waals surface area contributed by atoms with Crippen LogP contribution in [-0.4, -0.2) is 54.9 Å². The molecule has 1 aromatic rings. The molecule has 1 atom stereocenters. The average molecular weight is 298 g/mol. The highest BCUT2D eigenvalue weighted by Crippen LogP contribution is 2.09. The Morgan fingerprint density at radius 2 is 2.00 bits per heavy atom. The summed E-state index contributed by atoms with van der Waals surface area (Å²) in [6.07, 6.45) is -0.643. The molecule has 1 aromatic carbocycles. The molecule has 0 spiro atoms. The number of anilines is 1. The maximum atomic E-state index is 12.8. The molecule has 21 heavy (non-hydrogen) atoms. The van der Waals surface area contributed by atoms with E-state index in [1.807, 2.05) is 18.7 Å². The van der Waals surface area contributed by atoms with Crippen molar-refractivity contribution in [2.24, 2.45) is 0 Å². The van der Waals surface area contributed by atoms with Crippen molar-refractivity contribution in [2.45, 2.75) is 26.0 Å². The number of rotatable bonds is 8. The van der Waals surface area contributed by atoms with Crippen LogP contribution in [0.5, 0.6) is 0 Å². The molecule has 118 valence electrons. The first kappa shape index (κ1) is 17.6. The Bertz CT molecular complexity index is 437. The zero-order valence-corrected chi connectivity index (χ0v) is 12.7. The second-order valence-corrected chi connectivity index (χ2v) is 5.19. The number of hydrogen-bond acceptors (Lipinski definition) is 4. The number of amides is 1. The van der Waals surface area contributed by atoms with Gasteiger partial charge >= 0.3 is 0 Å². The highest BCUT2D eigenvalue weighted by molar-refractivity contribution is 5.92. The SMILES string of the molecule is COC[C@@H](O)CN(CC(=O)Nc1ccc(F)cc1)C(C)C. The van der Waals surface area contributed by atoms with Crippen LogP contribution in [0.2, 0.25) is 0 Å². The molecule has 0 aromatic heterocycles. The number of carbonyl (C=O) groups is 1. The van der Waals surface area contributed by atoms with Crippen LogP contribution in [0.3, 0.4) is 0 Å². The lowest BCUT2D eigenvalue weighted by molar-refractivity contribution is -0.118. The van der Waals surface area contributed by atoms with E-state index in [2.05, 4.69) is 5.32 Å². The quantitative estimate of drug-likeness (QED) is 0.763. The third kappa shape index (κ3) is 6.66. The van der Waals surface area contributed by atoms with Crippen molar-refractivity contribution < 1.29 is 19.0 Å². The summed E-state index contributed by atoms with van der Waals surface area (Å²) in [5.41, 5.74) is 0.544. The van der Waals surface area contributed by atoms with Crippen LogP contribution in [0, 0.1) is 5.82 Å². The molecule has 2 N–H and O–H groups in total. The number of nitrogens with one attached hydrogen (secondary N) is 1. The van der Waals surface area contributed by atoms with Gasteiger partial charge in [-0.15, -0.1) is 0 Å². The molecule has 0 saturated heterocycles. The maximum Gasteiger partial charge on any atom is 0.238 e. The number of carbonyl (C=O) groups excluding carboxylic acids is 1. The zero-order valence-electron chi connectivity index (χ0n) is 12.7. The van der Waals surface area contributed by atoms with Crippen molar-refractivity contribution in [1.29, 1.82) is 0 Å². The van der Waals surface area contributed by atoms with Crippen LogP contribution in [0.4, 0.5) is 10.1 Å². The van der Waals surface area contributed by atoms with Gasteiger partial charge in [-0.05, 0) is 38.1 Å². The molecule has 1 amide bonds. The Labute approximate surface area is 124 Å². The van der Waals surface area contributed by atoms with E-state index in [0.29, 0.717) is 12.2 Å². The maximum absolute atomic E-state index is 12.8. The van der Waals surface area contributed by atoms with Gasteiger partial charge in [-0.25, -0.2) is 4.39 Å². The molecule has 1 rings (SSSR count). The summed E-state index contributed by atoms with van der Waals surface area (Å²) < 4.78 is 17.7. The summed E-state index contributed by atoms with van der Waals surface area (Å²) in [7, 11) is 1.52. The van der Waals surface area contributed by atoms with E-state index in [-0.39, 0.29) is 30.9 Å². The van der Waals surface area contributed by atoms with Crippen molar-refractivity contribution in [1.82, 2.24) is 4.90 Å². The Morgan fingerprint density at radius 3 is 2.52 bits per heavy atom. The van der Waals surface area contributed by atoms with E-state index < -0.39 is 6.10 Å². The number of methoxy groups -OCH3 is 1. The van der Waals surface area contributed by atoms with Gasteiger partial charge in [0.25, 0.3) is 0 Å². The van der Waals surface area contributed by atoms with Crippen molar-refractivity contribution >= 4 is 11.6 Å². The van der Waals surface area contributed by atoms with E-state index in [0.717, 1.165) is 0 Å². The average Bonchev–Trinajstić information content (AvgIpc) is 2.41. The van der Waals surface area contributed by atoms with Gasteiger partial charge < -0.3 is 15.2 Å². The summed E-state index contributed by atoms with van der Waals surface area (Å²) in [6, 6.07) is 5.70. The molecule has 6 heteroatoms. The first-order valence-electron chi connectivity index (χ1n) is 6.89. The molecule has 5 nitrogen and oxygen atoms in total. The summed E-state index contributed by atoms with van der Waals surface area (Å²) in [6.45, 7) is 4.62. The minimum atomic E-state index is -0.643. The summed E-state index contributed by atoms with van der Waals surface area (Å²) in [5, 5.41) is 12.5. The molecule has 0 aliphatic carbocycles. The number of aliphatic hydroxyl groups is 1. The predicted molar refractivity (Wildman–Crippen MR) is 79.6 cm³/mol. The smallest absolute Gasteiger partial charge is 0.238 e. The fraction of sp³-hybridized carbons (Fsp3) is 0.533. The molecule has 0 bridgehead atoms. The highest BCUT2D eigenvalue weighted by Gasteiger charge is 2.18. The molecule has 0 heterocycles. The van der Waals surface area contributed by atoms with Gasteiger partial charge in [-0.3, -0.25) is 9.69 Å². The first-order chi connectivity index (χ1) is 9.92. The second-order valence-electron chi connectivity index (χ2n) is 5.19. The molecular formula is C15H23FN2O3. The molecule has 0 saturated carbocycles. The molecule has 0 unspecified atom stereocenters. The van der Waals surface area contributed by atoms with Gasteiger partial charge in [0.05, 0.1) is 19.3 Å². The van der Waals surface area contributed by atoms with E-state index in [1.54, 1.807) is 0 Å². The number of halogens is 1. The molecule has 0 aliphatic rings. The lowest BCUT2D eigenvalue weighted by Crippen LogP contribution is -2.43. The Kier molecular flexibility index (Phi) is 7.28. The fourth-order valence-electron chi connectivity index (χ4n) is 1.89. The highest BCUT2D eigenvalue weighted by atomic mass is 19.1. The third-order valence-electron chi connectivity index (χ3n) is 3.01. The van der Waals surface area contributed by atoms with Crippen molar-refractivity contribution in [3.05, 3.63) is 30.1 Å². The monoisotopic (exact) mass is 298 g/mol. The van der Waals surface area contributed by atoms with Gasteiger partial charge in [0.2, 0.25) is 5.91 Å². The van der Waals surface area contributed by atoms with Gasteiger partial charge in [-0.2, -0.15) is 0 Å². The normalized spacial score (nSPS) is 12.7. The Balaban J connectivity index is 2.54. The first-order valence-corrected chi connectivity index (χ1v) is 6.89. The minimum Gasteiger partial charge on any atom is -0.389 e. The number of benzene rings is 1. The Morgan fingerprint density at radius 1 is 1.38 bits per heavy atom. The van der Waals surface area contributed by atoms with Crippen LogP contribution < -0.4 is 5.32 Å². The van der Waals surface area contributed by atoms with Crippen molar-refractivity contribution in [2.75, 3.05) is 32.1 Å². The summed E-state index contributed by atoms with van der Waals surface area (Å²) in [5.74, 6) is -0.556. The lowest BCUT2D eigenvalue weighted by atomic mass is 10.2. The van der Waals surface area contributed by atoms with Gasteiger partial charge in [-0.1, -0.05) is 0 Å². The Hall–Kier alpha value is -1.50. The van der Waals surface area contributed by atoms with Gasteiger partial charge in [0.1, 0.15) is 5.82 Å². The summed E-state index contributed by atoms with van der Waals surface area (Å²) in [4.78, 5) is 13.8. The second kappa shape index (κ2) is 8.71. The molecular weight excluding hydrogens is 275 g/mol. The number of nitrogens with zero attached hydrogens (tertiary/aromatic N) is 1. The van der Waals surface area contributed by atoms with E-state index in [4.69, 9.17) is 4.74 Å². The topological polar surface area (TPSA) is 61.8 Å². The zero-order chi connectivity index (χ0) is 15.8. The number of ether oxygens (including phenoxy) is 1. The molecule has 0 radical (unpaired) electrons. The molecule has 0 aliphatic heterocycles. The number of aliphatic hydroxyl groups excluding tert-OH is 1. The van der Waals surface area contributed by atoms with E-state index >= 15 is 0 Å². The van der Waals surface area contributed by atoms with Crippen molar-refractivity contribution in [3.8, 4) is 0 Å². The largest absolute Gasteiger partial charge is 0.389 e. The van der Waals surface area contributed by atoms with Crippen LogP contribution in [-0.2, 0) is 9.53 Å².